The molecule has 0 aliphatic carbocycles. The molecule has 4 aliphatic rings. The number of amides is 1. The Bertz CT molecular complexity index is 1480. The second-order valence-electron chi connectivity index (χ2n) is 12.1. The zero-order valence-electron chi connectivity index (χ0n) is 23.9. The maximum Gasteiger partial charge on any atom is 0.240 e. The third-order valence-corrected chi connectivity index (χ3v) is 9.35. The molecule has 3 aromatic rings. The van der Waals surface area contributed by atoms with Gasteiger partial charge in [-0.25, -0.2) is 19.9 Å². The minimum atomic E-state index is -0.679. The Labute approximate surface area is 244 Å². The third-order valence-electron chi connectivity index (χ3n) is 9.35. The number of likely N-dealkylation sites (tertiary alicyclic amines) is 1. The number of rotatable bonds is 7. The normalized spacial score (nSPS) is 26.2. The van der Waals surface area contributed by atoms with Crippen LogP contribution in [0.4, 0.5) is 17.6 Å². The second kappa shape index (κ2) is 11.0. The number of hydrogen-bond donors (Lipinski definition) is 4. The van der Waals surface area contributed by atoms with Crippen molar-refractivity contribution in [2.24, 2.45) is 0 Å². The van der Waals surface area contributed by atoms with Gasteiger partial charge in [-0.2, -0.15) is 0 Å². The molecule has 3 saturated heterocycles. The maximum absolute atomic E-state index is 13.3. The Morgan fingerprint density at radius 1 is 1.14 bits per heavy atom. The van der Waals surface area contributed by atoms with Gasteiger partial charge in [-0.15, -0.1) is 0 Å². The first-order chi connectivity index (χ1) is 20.4. The van der Waals surface area contributed by atoms with Crippen LogP contribution in [0.2, 0.25) is 0 Å². The monoisotopic (exact) mass is 574 g/mol. The smallest absolute Gasteiger partial charge is 0.240 e. The average Bonchev–Trinajstić information content (AvgIpc) is 3.70. The fourth-order valence-electron chi connectivity index (χ4n) is 7.27. The Morgan fingerprint density at radius 2 is 1.93 bits per heavy atom. The van der Waals surface area contributed by atoms with E-state index in [4.69, 9.17) is 15.0 Å². The number of aliphatic hydroxyl groups excluding tert-OH is 3. The molecule has 2 bridgehead atoms. The minimum absolute atomic E-state index is 0.00739. The highest BCUT2D eigenvalue weighted by atomic mass is 16.3. The minimum Gasteiger partial charge on any atom is -0.395 e. The van der Waals surface area contributed by atoms with E-state index in [1.165, 1.54) is 0 Å². The van der Waals surface area contributed by atoms with Crippen molar-refractivity contribution in [2.45, 2.75) is 82.3 Å². The third kappa shape index (κ3) is 4.96. The highest BCUT2D eigenvalue weighted by molar-refractivity contribution is 5.90. The SMILES string of the molecule is CC(O)c1cc2cnc(Nc3ccc4c(n3)CCN(C(=O)[C@H]3C[C@@H](O)CN3CCO)C4)nc2c(N2C3CCC2CC3)n1. The summed E-state index contributed by atoms with van der Waals surface area (Å²) in [5, 5.41) is 33.9. The molecule has 12 heteroatoms. The van der Waals surface area contributed by atoms with E-state index < -0.39 is 18.2 Å². The van der Waals surface area contributed by atoms with Crippen molar-refractivity contribution in [3.8, 4) is 0 Å². The first kappa shape index (κ1) is 27.4. The molecular formula is C30H38N8O4. The standard InChI is InChI=1S/C30H38N8O4/c1-17(40)24-12-19-14-31-30(35-27(19)28(33-24)38-20-3-4-21(38)6-5-20)34-26-7-2-18-15-37(9-8-23(18)32-26)29(42)25-13-22(41)16-36(25)10-11-39/h2,7,12,14,17,20-22,25,39-41H,3-6,8-11,13,15-16H2,1H3,(H,31,32,34,35)/t17?,20?,21?,22-,25-/m1/s1. The lowest BCUT2D eigenvalue weighted by molar-refractivity contribution is -0.137. The lowest BCUT2D eigenvalue weighted by Gasteiger charge is -2.33. The van der Waals surface area contributed by atoms with Gasteiger partial charge in [0.15, 0.2) is 5.82 Å². The molecule has 3 aromatic heterocycles. The number of carbonyl (C=O) groups is 1. The summed E-state index contributed by atoms with van der Waals surface area (Å²) in [7, 11) is 0. The first-order valence-electron chi connectivity index (χ1n) is 15.1. The van der Waals surface area contributed by atoms with Gasteiger partial charge in [0.25, 0.3) is 0 Å². The predicted molar refractivity (Wildman–Crippen MR) is 156 cm³/mol. The largest absolute Gasteiger partial charge is 0.395 e. The average molecular weight is 575 g/mol. The molecule has 1 unspecified atom stereocenters. The van der Waals surface area contributed by atoms with Crippen molar-refractivity contribution in [3.05, 3.63) is 41.3 Å². The van der Waals surface area contributed by atoms with Crippen LogP contribution in [0.25, 0.3) is 10.9 Å². The van der Waals surface area contributed by atoms with Crippen molar-refractivity contribution in [1.82, 2.24) is 29.7 Å². The Hall–Kier alpha value is -3.45. The van der Waals surface area contributed by atoms with Gasteiger partial charge in [0.05, 0.1) is 30.6 Å². The maximum atomic E-state index is 13.3. The van der Waals surface area contributed by atoms with E-state index in [-0.39, 0.29) is 12.5 Å². The zero-order chi connectivity index (χ0) is 29.0. The van der Waals surface area contributed by atoms with Gasteiger partial charge in [0.1, 0.15) is 11.3 Å². The quantitative estimate of drug-likeness (QED) is 0.326. The summed E-state index contributed by atoms with van der Waals surface area (Å²) < 4.78 is 0. The zero-order valence-corrected chi connectivity index (χ0v) is 23.9. The van der Waals surface area contributed by atoms with E-state index in [9.17, 15) is 20.1 Å². The van der Waals surface area contributed by atoms with Gasteiger partial charge in [-0.1, -0.05) is 6.07 Å². The number of aromatic nitrogens is 4. The summed E-state index contributed by atoms with van der Waals surface area (Å²) >= 11 is 0. The van der Waals surface area contributed by atoms with Gasteiger partial charge in [-0.05, 0) is 56.7 Å². The lowest BCUT2D eigenvalue weighted by Crippen LogP contribution is -2.48. The summed E-state index contributed by atoms with van der Waals surface area (Å²) in [5.41, 5.74) is 3.33. The molecule has 0 spiro atoms. The topological polar surface area (TPSA) is 151 Å². The van der Waals surface area contributed by atoms with Gasteiger partial charge in [0, 0.05) is 62.0 Å². The van der Waals surface area contributed by atoms with E-state index >= 15 is 0 Å². The van der Waals surface area contributed by atoms with Gasteiger partial charge in [0.2, 0.25) is 11.9 Å². The van der Waals surface area contributed by atoms with Crippen molar-refractivity contribution in [1.29, 1.82) is 0 Å². The van der Waals surface area contributed by atoms with Crippen molar-refractivity contribution in [2.75, 3.05) is 36.5 Å². The van der Waals surface area contributed by atoms with Crippen LogP contribution in [0.1, 0.15) is 62.1 Å². The van der Waals surface area contributed by atoms with Crippen LogP contribution in [0.15, 0.2) is 24.4 Å². The van der Waals surface area contributed by atoms with E-state index in [0.29, 0.717) is 68.6 Å². The Kier molecular flexibility index (Phi) is 7.17. The number of carbonyl (C=O) groups excluding carboxylic acids is 1. The van der Waals surface area contributed by atoms with Crippen LogP contribution in [0.5, 0.6) is 0 Å². The number of nitrogens with zero attached hydrogens (tertiary/aromatic N) is 7. The Balaban J connectivity index is 1.11. The molecule has 0 aromatic carbocycles. The van der Waals surface area contributed by atoms with Crippen molar-refractivity contribution >= 4 is 34.4 Å². The fourth-order valence-corrected chi connectivity index (χ4v) is 7.27. The molecule has 12 nitrogen and oxygen atoms in total. The van der Waals surface area contributed by atoms with Crippen LogP contribution >= 0.6 is 0 Å². The number of aliphatic hydroxyl groups is 3. The summed E-state index contributed by atoms with van der Waals surface area (Å²) in [5.74, 6) is 1.89. The number of nitrogens with one attached hydrogen (secondary N) is 1. The van der Waals surface area contributed by atoms with E-state index in [2.05, 4.69) is 15.2 Å². The summed E-state index contributed by atoms with van der Waals surface area (Å²) in [6.45, 7) is 3.49. The van der Waals surface area contributed by atoms with Gasteiger partial charge < -0.3 is 30.4 Å². The molecular weight excluding hydrogens is 536 g/mol. The first-order valence-corrected chi connectivity index (χ1v) is 15.1. The molecule has 0 saturated carbocycles. The van der Waals surface area contributed by atoms with Gasteiger partial charge in [-0.3, -0.25) is 9.69 Å². The van der Waals surface area contributed by atoms with Crippen LogP contribution in [-0.4, -0.2) is 101 Å². The van der Waals surface area contributed by atoms with Crippen molar-refractivity contribution < 1.29 is 20.1 Å². The number of anilines is 3. The number of β-amino-alcohol motifs (C(OH)–C–C–N with tert-alkyl or cyclic N) is 2. The molecule has 0 radical (unpaired) electrons. The molecule has 222 valence electrons. The molecule has 4 aliphatic heterocycles. The number of hydrogen-bond acceptors (Lipinski definition) is 11. The Morgan fingerprint density at radius 3 is 2.67 bits per heavy atom. The van der Waals surface area contributed by atoms with Crippen LogP contribution < -0.4 is 10.2 Å². The predicted octanol–water partition coefficient (Wildman–Crippen LogP) is 1.66. The highest BCUT2D eigenvalue weighted by Crippen LogP contribution is 2.42. The van der Waals surface area contributed by atoms with E-state index in [1.54, 1.807) is 13.1 Å². The van der Waals surface area contributed by atoms with Gasteiger partial charge >= 0.3 is 0 Å². The summed E-state index contributed by atoms with van der Waals surface area (Å²) in [6, 6.07) is 6.26. The van der Waals surface area contributed by atoms with Crippen LogP contribution in [0, 0.1) is 0 Å². The molecule has 42 heavy (non-hydrogen) atoms. The fraction of sp³-hybridized carbons (Fsp3) is 0.567. The molecule has 7 heterocycles. The summed E-state index contributed by atoms with van der Waals surface area (Å²) in [6.07, 6.45) is 6.21. The second-order valence-corrected chi connectivity index (χ2v) is 12.1. The van der Waals surface area contributed by atoms with Crippen LogP contribution in [-0.2, 0) is 17.8 Å². The molecule has 1 amide bonds. The highest BCUT2D eigenvalue weighted by Gasteiger charge is 2.41. The number of pyridine rings is 2. The van der Waals surface area contributed by atoms with Crippen LogP contribution in [0.3, 0.4) is 0 Å². The lowest BCUT2D eigenvalue weighted by atomic mass is 10.0. The van der Waals surface area contributed by atoms with Crippen molar-refractivity contribution in [3.63, 3.8) is 0 Å². The molecule has 3 atom stereocenters. The molecule has 4 N–H and O–H groups in total. The molecule has 7 rings (SSSR count). The number of fused-ring (bicyclic) bond motifs is 4. The van der Waals surface area contributed by atoms with E-state index in [1.807, 2.05) is 28.0 Å². The van der Waals surface area contributed by atoms with E-state index in [0.717, 1.165) is 53.7 Å². The molecule has 3 fully saturated rings. The summed E-state index contributed by atoms with van der Waals surface area (Å²) in [4.78, 5) is 38.6.